The molecule has 1 aliphatic heterocycles. The minimum atomic E-state index is 0.803. The highest BCUT2D eigenvalue weighted by Crippen LogP contribution is 2.21. The summed E-state index contributed by atoms with van der Waals surface area (Å²) in [4.78, 5) is 2.66. The number of likely N-dealkylation sites (tertiary alicyclic amines) is 1. The molecule has 1 nitrogen and oxygen atoms in total. The summed E-state index contributed by atoms with van der Waals surface area (Å²) in [6, 6.07) is 0.881. The third kappa shape index (κ3) is 2.74. The quantitative estimate of drug-likeness (QED) is 0.676. The van der Waals surface area contributed by atoms with Gasteiger partial charge in [0, 0.05) is 17.9 Å². The van der Waals surface area contributed by atoms with Crippen molar-refractivity contribution in [3.63, 3.8) is 0 Å². The first kappa shape index (κ1) is 10.5. The zero-order valence-corrected chi connectivity index (χ0v) is 9.81. The van der Waals surface area contributed by atoms with Gasteiger partial charge in [-0.15, -0.1) is 0 Å². The van der Waals surface area contributed by atoms with Crippen LogP contribution >= 0.6 is 15.9 Å². The molecule has 0 aromatic carbocycles. The van der Waals surface area contributed by atoms with Crippen molar-refractivity contribution in [3.05, 3.63) is 0 Å². The van der Waals surface area contributed by atoms with Gasteiger partial charge in [-0.2, -0.15) is 0 Å². The summed E-state index contributed by atoms with van der Waals surface area (Å²) in [5.41, 5.74) is 0. The summed E-state index contributed by atoms with van der Waals surface area (Å²) < 4.78 is 0. The molecule has 0 bridgehead atoms. The second-order valence-corrected chi connectivity index (χ2v) is 4.61. The molecule has 0 aromatic rings. The summed E-state index contributed by atoms with van der Waals surface area (Å²) in [5, 5.41) is 1.14. The third-order valence-electron chi connectivity index (χ3n) is 2.78. The first-order chi connectivity index (χ1) is 5.77. The monoisotopic (exact) mass is 233 g/mol. The molecule has 0 N–H and O–H groups in total. The van der Waals surface area contributed by atoms with Crippen LogP contribution in [0.5, 0.6) is 0 Å². The van der Waals surface area contributed by atoms with Crippen LogP contribution in [0.15, 0.2) is 0 Å². The van der Waals surface area contributed by atoms with Crippen LogP contribution in [0.1, 0.15) is 33.1 Å². The highest BCUT2D eigenvalue weighted by Gasteiger charge is 2.23. The lowest BCUT2D eigenvalue weighted by molar-refractivity contribution is 0.224. The summed E-state index contributed by atoms with van der Waals surface area (Å²) in [7, 11) is 0. The lowest BCUT2D eigenvalue weighted by Crippen LogP contribution is -2.33. The number of alkyl halides is 1. The van der Waals surface area contributed by atoms with Crippen LogP contribution in [-0.2, 0) is 0 Å². The predicted octanol–water partition coefficient (Wildman–Crippen LogP) is 2.89. The van der Waals surface area contributed by atoms with Crippen molar-refractivity contribution in [1.29, 1.82) is 0 Å². The van der Waals surface area contributed by atoms with Gasteiger partial charge in [-0.25, -0.2) is 0 Å². The van der Waals surface area contributed by atoms with E-state index in [1.807, 2.05) is 0 Å². The van der Waals surface area contributed by atoms with Crippen molar-refractivity contribution in [2.75, 3.05) is 18.4 Å². The van der Waals surface area contributed by atoms with E-state index < -0.39 is 0 Å². The zero-order valence-electron chi connectivity index (χ0n) is 8.22. The van der Waals surface area contributed by atoms with Crippen molar-refractivity contribution in [3.8, 4) is 0 Å². The van der Waals surface area contributed by atoms with Crippen LogP contribution in [0, 0.1) is 5.92 Å². The van der Waals surface area contributed by atoms with Gasteiger partial charge in [-0.3, -0.25) is 0 Å². The normalized spacial score (nSPS) is 27.8. The van der Waals surface area contributed by atoms with Gasteiger partial charge in [-0.05, 0) is 31.7 Å². The summed E-state index contributed by atoms with van der Waals surface area (Å²) in [6.07, 6.45) is 4.16. The Morgan fingerprint density at radius 3 is 2.92 bits per heavy atom. The summed E-state index contributed by atoms with van der Waals surface area (Å²) in [5.74, 6) is 0.803. The molecule has 1 saturated heterocycles. The molecule has 0 aromatic heterocycles. The SMILES string of the molecule is CCC1CCCN1CC(C)CBr. The van der Waals surface area contributed by atoms with Gasteiger partial charge in [0.15, 0.2) is 0 Å². The minimum Gasteiger partial charge on any atom is -0.300 e. The molecule has 72 valence electrons. The smallest absolute Gasteiger partial charge is 0.00932 e. The fourth-order valence-corrected chi connectivity index (χ4v) is 2.25. The molecule has 1 rings (SSSR count). The fraction of sp³-hybridized carbons (Fsp3) is 1.00. The van der Waals surface area contributed by atoms with E-state index in [1.165, 1.54) is 32.4 Å². The number of hydrogen-bond acceptors (Lipinski definition) is 1. The molecule has 2 atom stereocenters. The molecule has 0 amide bonds. The molecule has 1 heterocycles. The Morgan fingerprint density at radius 1 is 1.58 bits per heavy atom. The van der Waals surface area contributed by atoms with E-state index in [1.54, 1.807) is 0 Å². The van der Waals surface area contributed by atoms with E-state index in [4.69, 9.17) is 0 Å². The summed E-state index contributed by atoms with van der Waals surface area (Å²) in [6.45, 7) is 7.24. The average Bonchev–Trinajstić information content (AvgIpc) is 2.51. The van der Waals surface area contributed by atoms with E-state index in [0.717, 1.165) is 17.3 Å². The Morgan fingerprint density at radius 2 is 2.33 bits per heavy atom. The van der Waals surface area contributed by atoms with E-state index in [9.17, 15) is 0 Å². The van der Waals surface area contributed by atoms with Crippen molar-refractivity contribution < 1.29 is 0 Å². The largest absolute Gasteiger partial charge is 0.300 e. The number of halogens is 1. The number of rotatable bonds is 4. The standard InChI is InChI=1S/C10H20BrN/c1-3-10-5-4-6-12(10)8-9(2)7-11/h9-10H,3-8H2,1-2H3. The van der Waals surface area contributed by atoms with Gasteiger partial charge >= 0.3 is 0 Å². The fourth-order valence-electron chi connectivity index (χ4n) is 2.05. The lowest BCUT2D eigenvalue weighted by atomic mass is 10.1. The molecule has 1 aliphatic rings. The maximum Gasteiger partial charge on any atom is 0.00932 e. The van der Waals surface area contributed by atoms with E-state index >= 15 is 0 Å². The molecule has 0 spiro atoms. The second kappa shape index (κ2) is 5.23. The van der Waals surface area contributed by atoms with Crippen molar-refractivity contribution in [1.82, 2.24) is 4.90 Å². The van der Waals surface area contributed by atoms with Crippen molar-refractivity contribution in [2.45, 2.75) is 39.2 Å². The third-order valence-corrected chi connectivity index (χ3v) is 3.89. The molecular formula is C10H20BrN. The van der Waals surface area contributed by atoms with Crippen LogP contribution in [0.25, 0.3) is 0 Å². The first-order valence-electron chi connectivity index (χ1n) is 5.08. The molecular weight excluding hydrogens is 214 g/mol. The second-order valence-electron chi connectivity index (χ2n) is 3.96. The molecule has 2 unspecified atom stereocenters. The zero-order chi connectivity index (χ0) is 8.97. The Hall–Kier alpha value is 0.440. The molecule has 12 heavy (non-hydrogen) atoms. The van der Waals surface area contributed by atoms with Gasteiger partial charge in [0.2, 0.25) is 0 Å². The molecule has 1 fully saturated rings. The van der Waals surface area contributed by atoms with Gasteiger partial charge < -0.3 is 4.90 Å². The molecule has 2 heteroatoms. The van der Waals surface area contributed by atoms with Crippen LogP contribution in [0.3, 0.4) is 0 Å². The maximum absolute atomic E-state index is 3.54. The van der Waals surface area contributed by atoms with Crippen molar-refractivity contribution >= 4 is 15.9 Å². The number of hydrogen-bond donors (Lipinski definition) is 0. The lowest BCUT2D eigenvalue weighted by Gasteiger charge is -2.25. The predicted molar refractivity (Wildman–Crippen MR) is 57.8 cm³/mol. The highest BCUT2D eigenvalue weighted by atomic mass is 79.9. The van der Waals surface area contributed by atoms with E-state index in [-0.39, 0.29) is 0 Å². The van der Waals surface area contributed by atoms with Crippen LogP contribution in [0.2, 0.25) is 0 Å². The van der Waals surface area contributed by atoms with Crippen LogP contribution in [-0.4, -0.2) is 29.4 Å². The average molecular weight is 234 g/mol. The Bertz CT molecular complexity index is 127. The Kier molecular flexibility index (Phi) is 4.59. The number of nitrogens with zero attached hydrogens (tertiary/aromatic N) is 1. The maximum atomic E-state index is 3.54. The van der Waals surface area contributed by atoms with Crippen LogP contribution in [0.4, 0.5) is 0 Å². The van der Waals surface area contributed by atoms with Gasteiger partial charge in [-0.1, -0.05) is 29.8 Å². The summed E-state index contributed by atoms with van der Waals surface area (Å²) >= 11 is 3.54. The Balaban J connectivity index is 2.30. The van der Waals surface area contributed by atoms with E-state index in [0.29, 0.717) is 0 Å². The van der Waals surface area contributed by atoms with Crippen LogP contribution < -0.4 is 0 Å². The van der Waals surface area contributed by atoms with Gasteiger partial charge in [0.1, 0.15) is 0 Å². The first-order valence-corrected chi connectivity index (χ1v) is 6.20. The highest BCUT2D eigenvalue weighted by molar-refractivity contribution is 9.09. The van der Waals surface area contributed by atoms with E-state index in [2.05, 4.69) is 34.7 Å². The minimum absolute atomic E-state index is 0.803. The van der Waals surface area contributed by atoms with Crippen molar-refractivity contribution in [2.24, 2.45) is 5.92 Å². The Labute approximate surface area is 84.6 Å². The van der Waals surface area contributed by atoms with Gasteiger partial charge in [0.25, 0.3) is 0 Å². The van der Waals surface area contributed by atoms with Gasteiger partial charge in [0.05, 0.1) is 0 Å². The molecule has 0 radical (unpaired) electrons. The molecule has 0 aliphatic carbocycles. The molecule has 0 saturated carbocycles. The topological polar surface area (TPSA) is 3.24 Å².